The first-order valence-corrected chi connectivity index (χ1v) is 7.31. The van der Waals surface area contributed by atoms with Crippen LogP contribution in [0.4, 0.5) is 0 Å². The number of benzene rings is 1. The summed E-state index contributed by atoms with van der Waals surface area (Å²) >= 11 is 0. The van der Waals surface area contributed by atoms with Gasteiger partial charge in [-0.15, -0.1) is 0 Å². The quantitative estimate of drug-likeness (QED) is 0.810. The molecule has 128 valence electrons. The molecule has 0 spiro atoms. The van der Waals surface area contributed by atoms with Gasteiger partial charge < -0.3 is 24.5 Å². The fourth-order valence-corrected chi connectivity index (χ4v) is 2.38. The molecule has 0 aliphatic carbocycles. The Morgan fingerprint density at radius 3 is 2.21 bits per heavy atom. The van der Waals surface area contributed by atoms with Gasteiger partial charge in [0.15, 0.2) is 0 Å². The predicted octanol–water partition coefficient (Wildman–Crippen LogP) is 2.07. The van der Waals surface area contributed by atoms with Crippen molar-refractivity contribution in [2.75, 3.05) is 20.8 Å². The number of ether oxygens (including phenoxy) is 2. The van der Waals surface area contributed by atoms with Crippen molar-refractivity contribution < 1.29 is 24.2 Å². The third-order valence-electron chi connectivity index (χ3n) is 3.58. The Bertz CT molecular complexity index is 716. The predicted molar refractivity (Wildman–Crippen MR) is 87.5 cm³/mol. The van der Waals surface area contributed by atoms with Gasteiger partial charge in [0.2, 0.25) is 0 Å². The fraction of sp³-hybridized carbons (Fsp3) is 0.294. The van der Waals surface area contributed by atoms with E-state index in [0.29, 0.717) is 22.6 Å². The van der Waals surface area contributed by atoms with Crippen LogP contribution in [0.1, 0.15) is 21.5 Å². The maximum Gasteiger partial charge on any atom is 0.323 e. The van der Waals surface area contributed by atoms with Crippen LogP contribution in [0, 0.1) is 6.92 Å². The van der Waals surface area contributed by atoms with Crippen LogP contribution >= 0.6 is 0 Å². The highest BCUT2D eigenvalue weighted by molar-refractivity contribution is 5.96. The molecule has 1 aromatic carbocycles. The van der Waals surface area contributed by atoms with Crippen molar-refractivity contribution in [3.05, 3.63) is 47.3 Å². The Kier molecular flexibility index (Phi) is 5.47. The van der Waals surface area contributed by atoms with Gasteiger partial charge in [-0.2, -0.15) is 0 Å². The van der Waals surface area contributed by atoms with Gasteiger partial charge in [0.05, 0.1) is 19.8 Å². The molecule has 1 aromatic heterocycles. The number of aryl methyl sites for hydroxylation is 1. The first-order valence-electron chi connectivity index (χ1n) is 7.31. The molecular weight excluding hydrogens is 312 g/mol. The molecule has 24 heavy (non-hydrogen) atoms. The van der Waals surface area contributed by atoms with E-state index in [9.17, 15) is 9.59 Å². The van der Waals surface area contributed by atoms with E-state index in [1.54, 1.807) is 37.5 Å². The molecule has 2 rings (SSSR count). The van der Waals surface area contributed by atoms with Crippen LogP contribution in [0.2, 0.25) is 0 Å². The first-order chi connectivity index (χ1) is 11.4. The van der Waals surface area contributed by atoms with Gasteiger partial charge in [0.25, 0.3) is 5.91 Å². The van der Waals surface area contributed by atoms with Gasteiger partial charge in [0, 0.05) is 25.0 Å². The third-order valence-corrected chi connectivity index (χ3v) is 3.58. The van der Waals surface area contributed by atoms with Gasteiger partial charge in [-0.1, -0.05) is 0 Å². The molecule has 0 bridgehead atoms. The summed E-state index contributed by atoms with van der Waals surface area (Å²) in [6.45, 7) is 1.52. The first kappa shape index (κ1) is 17.4. The van der Waals surface area contributed by atoms with E-state index < -0.39 is 12.5 Å². The van der Waals surface area contributed by atoms with Crippen molar-refractivity contribution in [3.8, 4) is 11.5 Å². The fourth-order valence-electron chi connectivity index (χ4n) is 2.38. The topological polar surface area (TPSA) is 91.9 Å². The third kappa shape index (κ3) is 4.07. The van der Waals surface area contributed by atoms with E-state index in [1.165, 1.54) is 19.1 Å². The summed E-state index contributed by atoms with van der Waals surface area (Å²) in [5, 5.41) is 9.13. The normalized spacial score (nSPS) is 10.3. The molecule has 0 fully saturated rings. The van der Waals surface area contributed by atoms with E-state index in [4.69, 9.17) is 14.6 Å². The van der Waals surface area contributed by atoms with Crippen LogP contribution in [0.25, 0.3) is 0 Å². The number of hydrogen-bond acceptors (Lipinski definition) is 4. The Morgan fingerprint density at radius 1 is 1.12 bits per heavy atom. The molecule has 0 aliphatic rings. The number of amides is 1. The number of H-pyrrole nitrogens is 1. The van der Waals surface area contributed by atoms with Crippen LogP contribution in [0.5, 0.6) is 11.5 Å². The molecule has 2 N–H and O–H groups in total. The lowest BCUT2D eigenvalue weighted by molar-refractivity contribution is -0.137. The number of aliphatic carboxylic acids is 1. The lowest BCUT2D eigenvalue weighted by Gasteiger charge is -2.21. The molecule has 1 amide bonds. The molecule has 0 saturated heterocycles. The van der Waals surface area contributed by atoms with E-state index in [2.05, 4.69) is 4.98 Å². The van der Waals surface area contributed by atoms with Crippen LogP contribution < -0.4 is 9.47 Å². The molecule has 1 heterocycles. The van der Waals surface area contributed by atoms with Crippen LogP contribution in [-0.4, -0.2) is 47.6 Å². The van der Waals surface area contributed by atoms with E-state index in [1.807, 2.05) is 0 Å². The minimum atomic E-state index is -1.08. The average molecular weight is 332 g/mol. The number of nitrogens with zero attached hydrogens (tertiary/aromatic N) is 1. The molecule has 0 saturated carbocycles. The number of carboxylic acids is 1. The number of methoxy groups -OCH3 is 2. The summed E-state index contributed by atoms with van der Waals surface area (Å²) in [5.74, 6) is -0.279. The molecule has 0 unspecified atom stereocenters. The summed E-state index contributed by atoms with van der Waals surface area (Å²) in [6.07, 6.45) is 3.26. The Morgan fingerprint density at radius 2 is 1.75 bits per heavy atom. The summed E-state index contributed by atoms with van der Waals surface area (Å²) in [6, 6.07) is 5.20. The van der Waals surface area contributed by atoms with Crippen molar-refractivity contribution in [2.24, 2.45) is 0 Å². The second kappa shape index (κ2) is 7.54. The monoisotopic (exact) mass is 332 g/mol. The number of carboxylic acid groups (broad SMARTS) is 1. The van der Waals surface area contributed by atoms with Crippen molar-refractivity contribution >= 4 is 11.9 Å². The second-order valence-electron chi connectivity index (χ2n) is 5.33. The Balaban J connectivity index is 2.31. The zero-order chi connectivity index (χ0) is 17.7. The lowest BCUT2D eigenvalue weighted by Crippen LogP contribution is -2.35. The highest BCUT2D eigenvalue weighted by atomic mass is 16.5. The van der Waals surface area contributed by atoms with E-state index in [-0.39, 0.29) is 12.5 Å². The molecule has 0 atom stereocenters. The highest BCUT2D eigenvalue weighted by Gasteiger charge is 2.21. The lowest BCUT2D eigenvalue weighted by atomic mass is 10.1. The number of aromatic amines is 1. The van der Waals surface area contributed by atoms with E-state index >= 15 is 0 Å². The number of aromatic nitrogens is 1. The zero-order valence-corrected chi connectivity index (χ0v) is 13.8. The SMILES string of the molecule is COc1cc(CN(CC(=O)O)C(=O)c2c[nH]cc2C)cc(OC)c1. The molecule has 0 aliphatic heterocycles. The van der Waals surface area contributed by atoms with Gasteiger partial charge in [-0.3, -0.25) is 9.59 Å². The van der Waals surface area contributed by atoms with Gasteiger partial charge in [0.1, 0.15) is 18.0 Å². The summed E-state index contributed by atoms with van der Waals surface area (Å²) < 4.78 is 10.4. The number of rotatable bonds is 7. The van der Waals surface area contributed by atoms with Crippen molar-refractivity contribution in [2.45, 2.75) is 13.5 Å². The van der Waals surface area contributed by atoms with Crippen molar-refractivity contribution in [1.82, 2.24) is 9.88 Å². The minimum absolute atomic E-state index is 0.128. The standard InChI is InChI=1S/C17H20N2O5/c1-11-7-18-8-15(11)17(22)19(10-16(20)21)9-12-4-13(23-2)6-14(5-12)24-3/h4-8,18H,9-10H2,1-3H3,(H,20,21). The van der Waals surface area contributed by atoms with Crippen LogP contribution in [0.15, 0.2) is 30.6 Å². The van der Waals surface area contributed by atoms with Crippen molar-refractivity contribution in [3.63, 3.8) is 0 Å². The summed E-state index contributed by atoms with van der Waals surface area (Å²) in [7, 11) is 3.06. The summed E-state index contributed by atoms with van der Waals surface area (Å²) in [5.41, 5.74) is 1.93. The maximum atomic E-state index is 12.7. The van der Waals surface area contributed by atoms with Gasteiger partial charge in [-0.25, -0.2) is 0 Å². The Hall–Kier alpha value is -2.96. The molecule has 2 aromatic rings. The zero-order valence-electron chi connectivity index (χ0n) is 13.8. The van der Waals surface area contributed by atoms with Crippen LogP contribution in [0.3, 0.4) is 0 Å². The van der Waals surface area contributed by atoms with Crippen LogP contribution in [-0.2, 0) is 11.3 Å². The molecule has 7 nitrogen and oxygen atoms in total. The number of hydrogen-bond donors (Lipinski definition) is 2. The summed E-state index contributed by atoms with van der Waals surface area (Å²) in [4.78, 5) is 27.9. The maximum absolute atomic E-state index is 12.7. The number of carbonyl (C=O) groups is 2. The average Bonchev–Trinajstić information content (AvgIpc) is 2.98. The van der Waals surface area contributed by atoms with Gasteiger partial charge >= 0.3 is 5.97 Å². The number of nitrogens with one attached hydrogen (secondary N) is 1. The van der Waals surface area contributed by atoms with Crippen molar-refractivity contribution in [1.29, 1.82) is 0 Å². The number of carbonyl (C=O) groups excluding carboxylic acids is 1. The molecular formula is C17H20N2O5. The highest BCUT2D eigenvalue weighted by Crippen LogP contribution is 2.24. The smallest absolute Gasteiger partial charge is 0.323 e. The van der Waals surface area contributed by atoms with E-state index in [0.717, 1.165) is 5.56 Å². The second-order valence-corrected chi connectivity index (χ2v) is 5.33. The minimum Gasteiger partial charge on any atom is -0.497 e. The molecule has 7 heteroatoms. The Labute approximate surface area is 139 Å². The largest absolute Gasteiger partial charge is 0.497 e. The molecule has 0 radical (unpaired) electrons. The van der Waals surface area contributed by atoms with Gasteiger partial charge in [-0.05, 0) is 30.2 Å².